The molecule has 0 saturated carbocycles. The topological polar surface area (TPSA) is 111 Å². The number of sulfonamides is 1. The Labute approximate surface area is 175 Å². The lowest BCUT2D eigenvalue weighted by molar-refractivity contribution is 0.382. The van der Waals surface area contributed by atoms with E-state index < -0.39 is 10.0 Å². The smallest absolute Gasteiger partial charge is 0.261 e. The minimum absolute atomic E-state index is 0.0818. The molecule has 4 rings (SSSR count). The summed E-state index contributed by atoms with van der Waals surface area (Å²) in [5.74, 6) is 1.22. The molecule has 0 aliphatic heterocycles. The van der Waals surface area contributed by atoms with Gasteiger partial charge in [-0.25, -0.2) is 8.42 Å². The molecular formula is C19H15BrN4O4S. The first-order valence-corrected chi connectivity index (χ1v) is 10.8. The van der Waals surface area contributed by atoms with E-state index in [9.17, 15) is 8.42 Å². The van der Waals surface area contributed by atoms with Crippen molar-refractivity contribution in [1.82, 2.24) is 15.3 Å². The molecule has 0 fully saturated rings. The summed E-state index contributed by atoms with van der Waals surface area (Å²) in [6, 6.07) is 13.4. The predicted octanol–water partition coefficient (Wildman–Crippen LogP) is 4.19. The second-order valence-corrected chi connectivity index (χ2v) is 8.82. The summed E-state index contributed by atoms with van der Waals surface area (Å²) in [5, 5.41) is 7.53. The molecule has 8 nitrogen and oxygen atoms in total. The lowest BCUT2D eigenvalue weighted by Gasteiger charge is -2.11. The average molecular weight is 475 g/mol. The molecular weight excluding hydrogens is 460 g/mol. The van der Waals surface area contributed by atoms with Crippen molar-refractivity contribution in [3.8, 4) is 11.5 Å². The number of rotatable bonds is 6. The highest BCUT2D eigenvalue weighted by molar-refractivity contribution is 9.10. The first-order chi connectivity index (χ1) is 13.9. The van der Waals surface area contributed by atoms with Crippen LogP contribution in [0.5, 0.6) is 0 Å². The lowest BCUT2D eigenvalue weighted by Crippen LogP contribution is -2.13. The van der Waals surface area contributed by atoms with Crippen LogP contribution in [-0.2, 0) is 16.4 Å². The summed E-state index contributed by atoms with van der Waals surface area (Å²) in [6.07, 6.45) is 1.86. The third-order valence-electron chi connectivity index (χ3n) is 4.05. The zero-order chi connectivity index (χ0) is 20.4. The normalized spacial score (nSPS) is 11.5. The van der Waals surface area contributed by atoms with E-state index in [0.717, 1.165) is 5.56 Å². The Balaban J connectivity index is 1.60. The zero-order valence-electron chi connectivity index (χ0n) is 15.2. The lowest BCUT2D eigenvalue weighted by atomic mass is 10.2. The van der Waals surface area contributed by atoms with Crippen molar-refractivity contribution < 1.29 is 17.5 Å². The van der Waals surface area contributed by atoms with E-state index in [4.69, 9.17) is 9.05 Å². The fourth-order valence-electron chi connectivity index (χ4n) is 2.65. The molecule has 0 bridgehead atoms. The van der Waals surface area contributed by atoms with Crippen molar-refractivity contribution in [2.75, 3.05) is 4.72 Å². The standard InChI is InChI=1S/C19H15BrN4O4S/c1-12-5-6-16(20)17(9-12)24-29(25,26)15-4-2-3-13(10-15)19-22-18(23-28-19)11-14-7-8-21-27-14/h2-10,24H,11H2,1H3. The number of benzene rings is 2. The van der Waals surface area contributed by atoms with Gasteiger partial charge in [-0.2, -0.15) is 4.98 Å². The largest absolute Gasteiger partial charge is 0.361 e. The Hall–Kier alpha value is -2.98. The summed E-state index contributed by atoms with van der Waals surface area (Å²) in [5.41, 5.74) is 1.89. The highest BCUT2D eigenvalue weighted by Gasteiger charge is 2.18. The molecule has 29 heavy (non-hydrogen) atoms. The maximum Gasteiger partial charge on any atom is 0.261 e. The summed E-state index contributed by atoms with van der Waals surface area (Å²) in [6.45, 7) is 1.89. The highest BCUT2D eigenvalue weighted by atomic mass is 79.9. The monoisotopic (exact) mass is 474 g/mol. The van der Waals surface area contributed by atoms with Crippen LogP contribution < -0.4 is 4.72 Å². The Bertz CT molecular complexity index is 1250. The number of anilines is 1. The van der Waals surface area contributed by atoms with Gasteiger partial charge in [-0.3, -0.25) is 4.72 Å². The quantitative estimate of drug-likeness (QED) is 0.445. The van der Waals surface area contributed by atoms with Gasteiger partial charge in [0.25, 0.3) is 15.9 Å². The van der Waals surface area contributed by atoms with E-state index in [2.05, 4.69) is 35.9 Å². The van der Waals surface area contributed by atoms with Crippen LogP contribution in [0.25, 0.3) is 11.5 Å². The molecule has 0 saturated heterocycles. The van der Waals surface area contributed by atoms with Crippen LogP contribution in [0, 0.1) is 6.92 Å². The van der Waals surface area contributed by atoms with Crippen LogP contribution in [-0.4, -0.2) is 23.7 Å². The Morgan fingerprint density at radius 2 is 1.97 bits per heavy atom. The van der Waals surface area contributed by atoms with Crippen molar-refractivity contribution >= 4 is 31.6 Å². The highest BCUT2D eigenvalue weighted by Crippen LogP contribution is 2.27. The van der Waals surface area contributed by atoms with E-state index in [-0.39, 0.29) is 10.8 Å². The van der Waals surface area contributed by atoms with Crippen LogP contribution in [0.15, 0.2) is 73.1 Å². The van der Waals surface area contributed by atoms with Gasteiger partial charge >= 0.3 is 0 Å². The number of nitrogens with zero attached hydrogens (tertiary/aromatic N) is 3. The summed E-state index contributed by atoms with van der Waals surface area (Å²) in [4.78, 5) is 4.38. The molecule has 10 heteroatoms. The molecule has 0 amide bonds. The van der Waals surface area contributed by atoms with E-state index in [1.165, 1.54) is 18.3 Å². The SMILES string of the molecule is Cc1ccc(Br)c(NS(=O)(=O)c2cccc(-c3nc(Cc4ccno4)no3)c2)c1. The van der Waals surface area contributed by atoms with Crippen LogP contribution in [0.3, 0.4) is 0 Å². The van der Waals surface area contributed by atoms with Gasteiger partial charge in [-0.05, 0) is 58.7 Å². The second kappa shape index (κ2) is 7.80. The summed E-state index contributed by atoms with van der Waals surface area (Å²) in [7, 11) is -3.81. The zero-order valence-corrected chi connectivity index (χ0v) is 17.6. The summed E-state index contributed by atoms with van der Waals surface area (Å²) < 4.78 is 39.2. The predicted molar refractivity (Wildman–Crippen MR) is 109 cm³/mol. The fraction of sp³-hybridized carbons (Fsp3) is 0.105. The van der Waals surface area contributed by atoms with E-state index >= 15 is 0 Å². The maximum atomic E-state index is 12.8. The molecule has 0 atom stereocenters. The molecule has 2 aromatic heterocycles. The molecule has 0 unspecified atom stereocenters. The second-order valence-electron chi connectivity index (χ2n) is 6.29. The molecule has 0 spiro atoms. The van der Waals surface area contributed by atoms with Crippen molar-refractivity contribution in [2.45, 2.75) is 18.2 Å². The molecule has 4 aromatic rings. The average Bonchev–Trinajstić information content (AvgIpc) is 3.37. The molecule has 1 N–H and O–H groups in total. The molecule has 0 radical (unpaired) electrons. The Morgan fingerprint density at radius 1 is 1.10 bits per heavy atom. The van der Waals surface area contributed by atoms with Crippen molar-refractivity contribution in [2.24, 2.45) is 0 Å². The van der Waals surface area contributed by atoms with Gasteiger partial charge in [0.05, 0.1) is 23.2 Å². The van der Waals surface area contributed by atoms with E-state index in [1.54, 1.807) is 30.3 Å². The fourth-order valence-corrected chi connectivity index (χ4v) is 4.24. The molecule has 2 heterocycles. The Morgan fingerprint density at radius 3 is 2.76 bits per heavy atom. The Kier molecular flexibility index (Phi) is 5.20. The van der Waals surface area contributed by atoms with E-state index in [1.807, 2.05) is 13.0 Å². The van der Waals surface area contributed by atoms with Gasteiger partial charge in [-0.15, -0.1) is 0 Å². The van der Waals surface area contributed by atoms with Gasteiger partial charge in [0.15, 0.2) is 5.82 Å². The van der Waals surface area contributed by atoms with Gasteiger partial charge in [0.1, 0.15) is 5.76 Å². The first kappa shape index (κ1) is 19.3. The minimum atomic E-state index is -3.81. The van der Waals surface area contributed by atoms with E-state index in [0.29, 0.717) is 33.7 Å². The molecule has 148 valence electrons. The third-order valence-corrected chi connectivity index (χ3v) is 6.10. The van der Waals surface area contributed by atoms with Gasteiger partial charge < -0.3 is 9.05 Å². The van der Waals surface area contributed by atoms with Crippen molar-refractivity contribution in [3.63, 3.8) is 0 Å². The van der Waals surface area contributed by atoms with Crippen molar-refractivity contribution in [1.29, 1.82) is 0 Å². The van der Waals surface area contributed by atoms with Crippen LogP contribution >= 0.6 is 15.9 Å². The minimum Gasteiger partial charge on any atom is -0.361 e. The number of hydrogen-bond donors (Lipinski definition) is 1. The van der Waals surface area contributed by atoms with Crippen LogP contribution in [0.4, 0.5) is 5.69 Å². The van der Waals surface area contributed by atoms with Crippen molar-refractivity contribution in [3.05, 3.63) is 76.3 Å². The molecule has 2 aromatic carbocycles. The van der Waals surface area contributed by atoms with Gasteiger partial charge in [0, 0.05) is 16.1 Å². The third kappa shape index (κ3) is 4.38. The van der Waals surface area contributed by atoms with Crippen LogP contribution in [0.1, 0.15) is 17.1 Å². The van der Waals surface area contributed by atoms with Gasteiger partial charge in [-0.1, -0.05) is 22.4 Å². The molecule has 0 aliphatic carbocycles. The number of nitrogens with one attached hydrogen (secondary N) is 1. The van der Waals surface area contributed by atoms with Gasteiger partial charge in [0.2, 0.25) is 0 Å². The number of aryl methyl sites for hydroxylation is 1. The maximum absolute atomic E-state index is 12.8. The summed E-state index contributed by atoms with van der Waals surface area (Å²) >= 11 is 3.36. The first-order valence-electron chi connectivity index (χ1n) is 8.52. The number of hydrogen-bond acceptors (Lipinski definition) is 7. The molecule has 0 aliphatic rings. The number of aromatic nitrogens is 3. The van der Waals surface area contributed by atoms with Crippen LogP contribution in [0.2, 0.25) is 0 Å². The number of halogens is 1.